The molecule has 3 unspecified atom stereocenters. The van der Waals surface area contributed by atoms with Crippen molar-refractivity contribution in [3.63, 3.8) is 0 Å². The van der Waals surface area contributed by atoms with Gasteiger partial charge in [-0.3, -0.25) is 28.7 Å². The first-order valence-electron chi connectivity index (χ1n) is 12.4. The molecule has 11 N–H and O–H groups in total. The average molecular weight is 650 g/mol. The van der Waals surface area contributed by atoms with Gasteiger partial charge in [-0.05, 0) is 0 Å². The van der Waals surface area contributed by atoms with Crippen LogP contribution in [0.4, 0.5) is 20.7 Å². The van der Waals surface area contributed by atoms with Gasteiger partial charge < -0.3 is 46.3 Å². The van der Waals surface area contributed by atoms with E-state index in [1.54, 1.807) is 0 Å². The summed E-state index contributed by atoms with van der Waals surface area (Å²) in [6, 6.07) is 0. The maximum atomic E-state index is 14.3. The Kier molecular flexibility index (Phi) is 9.12. The molecule has 9 atom stereocenters. The highest BCUT2D eigenvalue weighted by Gasteiger charge is 2.48. The van der Waals surface area contributed by atoms with E-state index < -0.39 is 81.8 Å². The molecular formula is C20H25F2N10O11P. The molecule has 44 heavy (non-hydrogen) atoms. The van der Waals surface area contributed by atoms with Crippen molar-refractivity contribution in [2.24, 2.45) is 0 Å². The highest BCUT2D eigenvalue weighted by molar-refractivity contribution is 7.45. The van der Waals surface area contributed by atoms with E-state index in [1.165, 1.54) is 10.9 Å². The van der Waals surface area contributed by atoms with Gasteiger partial charge in [-0.2, -0.15) is 19.5 Å². The summed E-state index contributed by atoms with van der Waals surface area (Å²) < 4.78 is 45.4. The van der Waals surface area contributed by atoms with Gasteiger partial charge >= 0.3 is 0 Å². The predicted molar refractivity (Wildman–Crippen MR) is 140 cm³/mol. The second kappa shape index (κ2) is 12.7. The Hall–Kier alpha value is -3.77. The van der Waals surface area contributed by atoms with Gasteiger partial charge in [0.25, 0.3) is 11.1 Å². The Bertz CT molecular complexity index is 1740. The number of halogens is 2. The van der Waals surface area contributed by atoms with Crippen LogP contribution in [0.1, 0.15) is 12.5 Å². The summed E-state index contributed by atoms with van der Waals surface area (Å²) in [5, 5.41) is 37.0. The molecule has 21 nitrogen and oxygen atoms in total. The van der Waals surface area contributed by atoms with E-state index >= 15 is 0 Å². The van der Waals surface area contributed by atoms with Crippen LogP contribution in [-0.2, 0) is 19.0 Å². The number of imidazole rings is 2. The van der Waals surface area contributed by atoms with E-state index in [0.717, 1.165) is 10.9 Å². The number of ether oxygens (including phenoxy) is 2. The molecule has 0 aliphatic carbocycles. The Morgan fingerprint density at radius 2 is 1.41 bits per heavy atom. The van der Waals surface area contributed by atoms with Crippen LogP contribution in [0, 0.1) is 0 Å². The molecule has 0 saturated carbocycles. The van der Waals surface area contributed by atoms with E-state index in [9.17, 15) is 28.6 Å². The number of anilines is 2. The van der Waals surface area contributed by atoms with Crippen molar-refractivity contribution in [3.8, 4) is 0 Å². The number of aromatic amines is 2. The first-order valence-corrected chi connectivity index (χ1v) is 13.8. The highest BCUT2D eigenvalue weighted by atomic mass is 31.2. The standard InChI is InChI=1S/C10H13FN5O7P.C10H12FN5O4/c11-3-5(18)9(22-23-24(20)2-17)21-8(3)16-1-13-4-6(16)14-10(12)15-7(4)19;11-4-6(18)3(1-17)20-9(4)16-2-13-5-7(16)14-10(12)15-8(5)19/h1,3,5,8-9,17-18,20H,2H2,(H3,12,14,15,19);2-4,6,9,17-18H,1H2,(H3,12,14,15,19)/t3-,5?,8+,9+,24?;3-,4+,6?,9-/m01/s1. The normalized spacial score (nSPS) is 29.2. The third-order valence-electron chi connectivity index (χ3n) is 6.42. The maximum absolute atomic E-state index is 14.3. The molecule has 24 heteroatoms. The fourth-order valence-corrected chi connectivity index (χ4v) is 4.59. The van der Waals surface area contributed by atoms with Gasteiger partial charge in [0.05, 0.1) is 19.3 Å². The number of rotatable bonds is 7. The van der Waals surface area contributed by atoms with Crippen molar-refractivity contribution in [3.05, 3.63) is 33.4 Å². The molecule has 2 aliphatic heterocycles. The number of hydrogen-bond acceptors (Lipinski definition) is 17. The Labute approximate surface area is 242 Å². The minimum Gasteiger partial charge on any atom is -0.394 e. The lowest BCUT2D eigenvalue weighted by molar-refractivity contribution is -0.332. The van der Waals surface area contributed by atoms with Gasteiger partial charge in [0.2, 0.25) is 26.6 Å². The first kappa shape index (κ1) is 31.6. The first-order chi connectivity index (χ1) is 20.9. The number of aliphatic hydroxyl groups is 4. The summed E-state index contributed by atoms with van der Waals surface area (Å²) >= 11 is 0. The van der Waals surface area contributed by atoms with Crippen molar-refractivity contribution >= 4 is 42.6 Å². The maximum Gasteiger partial charge on any atom is 0.280 e. The monoisotopic (exact) mass is 650 g/mol. The van der Waals surface area contributed by atoms with Gasteiger partial charge in [0.1, 0.15) is 24.7 Å². The SMILES string of the molecule is Nc1nc2c(ncn2[C@@H]2O[C@H](CO)C(O)[C@@H]2F)c(=O)[nH]1.Nc1nc2c(ncn2[C@@H]2O[C@H](OOP(O)CO)C(O)[C@@H]2F)c(=O)[nH]1. The average Bonchev–Trinajstić information content (AvgIpc) is 3.74. The van der Waals surface area contributed by atoms with E-state index in [0.29, 0.717) is 0 Å². The van der Waals surface area contributed by atoms with Gasteiger partial charge in [-0.15, -0.1) is 0 Å². The number of hydrogen-bond donors (Lipinski definition) is 9. The molecular weight excluding hydrogens is 625 g/mol. The number of H-pyrrole nitrogens is 2. The zero-order chi connectivity index (χ0) is 31.9. The summed E-state index contributed by atoms with van der Waals surface area (Å²) in [5.41, 5.74) is 9.61. The summed E-state index contributed by atoms with van der Waals surface area (Å²) in [6.45, 7) is -0.527. The molecule has 2 saturated heterocycles. The van der Waals surface area contributed by atoms with Gasteiger partial charge in [0, 0.05) is 0 Å². The molecule has 0 bridgehead atoms. The summed E-state index contributed by atoms with van der Waals surface area (Å²) in [6.07, 6.45) is -10.7. The number of aromatic nitrogens is 8. The molecule has 0 radical (unpaired) electrons. The van der Waals surface area contributed by atoms with E-state index in [-0.39, 0.29) is 34.2 Å². The fraction of sp³-hybridized carbons (Fsp3) is 0.500. The van der Waals surface area contributed by atoms with E-state index in [4.69, 9.17) is 36.0 Å². The van der Waals surface area contributed by atoms with Crippen LogP contribution < -0.4 is 22.6 Å². The van der Waals surface area contributed by atoms with E-state index in [2.05, 4.69) is 39.5 Å². The molecule has 0 amide bonds. The second-order valence-electron chi connectivity index (χ2n) is 9.23. The van der Waals surface area contributed by atoms with Crippen LogP contribution in [0.25, 0.3) is 22.3 Å². The lowest BCUT2D eigenvalue weighted by atomic mass is 10.1. The number of nitrogen functional groups attached to an aromatic ring is 2. The molecule has 2 aliphatic rings. The third kappa shape index (κ3) is 5.84. The largest absolute Gasteiger partial charge is 0.394 e. The molecule has 6 rings (SSSR count). The predicted octanol–water partition coefficient (Wildman–Crippen LogP) is -3.25. The fourth-order valence-electron chi connectivity index (χ4n) is 4.36. The van der Waals surface area contributed by atoms with Crippen LogP contribution in [0.3, 0.4) is 0 Å². The summed E-state index contributed by atoms with van der Waals surface area (Å²) in [4.78, 5) is 56.9. The van der Waals surface area contributed by atoms with Gasteiger partial charge in [0.15, 0.2) is 47.1 Å². The highest BCUT2D eigenvalue weighted by Crippen LogP contribution is 2.37. The van der Waals surface area contributed by atoms with Crippen molar-refractivity contribution in [1.29, 1.82) is 0 Å². The third-order valence-corrected chi connectivity index (χ3v) is 6.92. The lowest BCUT2D eigenvalue weighted by Gasteiger charge is -2.15. The molecule has 0 spiro atoms. The van der Waals surface area contributed by atoms with Crippen LogP contribution in [-0.4, -0.2) is 114 Å². The number of fused-ring (bicyclic) bond motifs is 2. The minimum atomic E-state index is -2.30. The van der Waals surface area contributed by atoms with Crippen molar-refractivity contribution in [2.45, 2.75) is 49.4 Å². The van der Waals surface area contributed by atoms with E-state index in [1.807, 2.05) is 0 Å². The topological polar surface area (TPSA) is 317 Å². The molecule has 0 aromatic carbocycles. The number of alkyl halides is 2. The zero-order valence-electron chi connectivity index (χ0n) is 21.9. The summed E-state index contributed by atoms with van der Waals surface area (Å²) in [7, 11) is -2.30. The molecule has 4 aromatic heterocycles. The van der Waals surface area contributed by atoms with Crippen LogP contribution in [0.5, 0.6) is 0 Å². The van der Waals surface area contributed by atoms with Crippen molar-refractivity contribution < 1.29 is 53.1 Å². The Balaban J connectivity index is 0.000000177. The minimum absolute atomic E-state index is 0.0167. The number of aliphatic hydroxyl groups excluding tert-OH is 4. The van der Waals surface area contributed by atoms with Crippen LogP contribution >= 0.6 is 8.38 Å². The zero-order valence-corrected chi connectivity index (χ0v) is 22.8. The molecule has 6 heterocycles. The van der Waals surface area contributed by atoms with Crippen LogP contribution in [0.15, 0.2) is 22.2 Å². The van der Waals surface area contributed by atoms with Crippen molar-refractivity contribution in [2.75, 3.05) is 24.4 Å². The quantitative estimate of drug-likeness (QED) is 0.0538. The summed E-state index contributed by atoms with van der Waals surface area (Å²) in [5.74, 6) is -0.342. The lowest BCUT2D eigenvalue weighted by Crippen LogP contribution is -2.30. The number of nitrogens with zero attached hydrogens (tertiary/aromatic N) is 6. The Morgan fingerprint density at radius 1 is 0.909 bits per heavy atom. The smallest absolute Gasteiger partial charge is 0.280 e. The van der Waals surface area contributed by atoms with Crippen molar-refractivity contribution in [1.82, 2.24) is 39.0 Å². The molecule has 2 fully saturated rings. The van der Waals surface area contributed by atoms with Gasteiger partial charge in [-0.25, -0.2) is 18.7 Å². The number of nitrogens with one attached hydrogen (secondary N) is 2. The van der Waals surface area contributed by atoms with Crippen LogP contribution in [0.2, 0.25) is 0 Å². The molecule has 240 valence electrons. The second-order valence-corrected chi connectivity index (χ2v) is 10.4. The number of nitrogens with two attached hydrogens (primary N) is 2. The van der Waals surface area contributed by atoms with Gasteiger partial charge in [-0.1, -0.05) is 0 Å². The Morgan fingerprint density at radius 3 is 1.89 bits per heavy atom. The molecule has 4 aromatic rings.